The number of sulfonamides is 1. The molecule has 0 aliphatic carbocycles. The summed E-state index contributed by atoms with van der Waals surface area (Å²) in [5.41, 5.74) is 0.997. The summed E-state index contributed by atoms with van der Waals surface area (Å²) in [6.07, 6.45) is 1.57. The Balaban J connectivity index is 1.43. The van der Waals surface area contributed by atoms with Gasteiger partial charge in [-0.2, -0.15) is 4.31 Å². The van der Waals surface area contributed by atoms with Gasteiger partial charge in [-0.1, -0.05) is 17.7 Å². The lowest BCUT2D eigenvalue weighted by Gasteiger charge is -2.34. The fourth-order valence-corrected chi connectivity index (χ4v) is 5.29. The van der Waals surface area contributed by atoms with Gasteiger partial charge in [0.25, 0.3) is 5.56 Å². The minimum atomic E-state index is -3.49. The lowest BCUT2D eigenvalue weighted by Crippen LogP contribution is -2.49. The van der Waals surface area contributed by atoms with Gasteiger partial charge in [0.15, 0.2) is 11.2 Å². The largest absolute Gasteiger partial charge is 0.332 e. The third-order valence-electron chi connectivity index (χ3n) is 5.86. The molecule has 11 heteroatoms. The van der Waals surface area contributed by atoms with Gasteiger partial charge in [-0.25, -0.2) is 18.2 Å². The molecule has 0 bridgehead atoms. The van der Waals surface area contributed by atoms with Crippen molar-refractivity contribution in [2.24, 2.45) is 14.1 Å². The third kappa shape index (κ3) is 3.84. The van der Waals surface area contributed by atoms with E-state index in [2.05, 4.69) is 9.88 Å². The van der Waals surface area contributed by atoms with E-state index in [0.29, 0.717) is 55.3 Å². The molecule has 1 aliphatic rings. The van der Waals surface area contributed by atoms with Crippen molar-refractivity contribution in [2.45, 2.75) is 18.4 Å². The fraction of sp³-hybridized carbons (Fsp3) is 0.450. The van der Waals surface area contributed by atoms with Crippen LogP contribution in [-0.2, 0) is 30.7 Å². The zero-order chi connectivity index (χ0) is 22.3. The molecule has 0 radical (unpaired) electrons. The highest BCUT2D eigenvalue weighted by molar-refractivity contribution is 7.89. The van der Waals surface area contributed by atoms with E-state index in [1.54, 1.807) is 42.2 Å². The number of rotatable bonds is 5. The molecule has 2 aromatic heterocycles. The predicted molar refractivity (Wildman–Crippen MR) is 117 cm³/mol. The van der Waals surface area contributed by atoms with Crippen molar-refractivity contribution in [1.29, 1.82) is 0 Å². The Labute approximate surface area is 180 Å². The van der Waals surface area contributed by atoms with Crippen LogP contribution in [0.4, 0.5) is 0 Å². The van der Waals surface area contributed by atoms with E-state index in [1.165, 1.54) is 15.9 Å². The first-order chi connectivity index (χ1) is 14.7. The molecular formula is C20H26N6O4S. The van der Waals surface area contributed by atoms with Crippen LogP contribution in [-0.4, -0.2) is 69.0 Å². The summed E-state index contributed by atoms with van der Waals surface area (Å²) >= 11 is 0. The lowest BCUT2D eigenvalue weighted by molar-refractivity contribution is 0.183. The molecule has 0 amide bonds. The molecule has 3 aromatic rings. The van der Waals surface area contributed by atoms with Gasteiger partial charge < -0.3 is 4.57 Å². The van der Waals surface area contributed by atoms with E-state index < -0.39 is 15.7 Å². The molecule has 1 aromatic carbocycles. The highest BCUT2D eigenvalue weighted by atomic mass is 32.2. The number of hydrogen-bond acceptors (Lipinski definition) is 6. The summed E-state index contributed by atoms with van der Waals surface area (Å²) in [5.74, 6) is 0. The number of benzene rings is 1. The monoisotopic (exact) mass is 446 g/mol. The Morgan fingerprint density at radius 1 is 0.935 bits per heavy atom. The summed E-state index contributed by atoms with van der Waals surface area (Å²) in [6, 6.07) is 6.90. The fourth-order valence-electron chi connectivity index (χ4n) is 3.87. The standard InChI is InChI=1S/C20H26N6O4S/c1-15-4-6-16(7-5-15)31(29,30)26-12-9-24(10-13-26)8-11-25-14-21-18-17(25)19(27)23(3)20(28)22(18)2/h4-7,14H,8-13H2,1-3H3. The van der Waals surface area contributed by atoms with Gasteiger partial charge in [-0.3, -0.25) is 18.8 Å². The molecule has 4 rings (SSSR count). The van der Waals surface area contributed by atoms with Crippen LogP contribution in [0.2, 0.25) is 0 Å². The van der Waals surface area contributed by atoms with Crippen LogP contribution in [0.5, 0.6) is 0 Å². The molecule has 0 saturated carbocycles. The van der Waals surface area contributed by atoms with Gasteiger partial charge >= 0.3 is 5.69 Å². The Morgan fingerprint density at radius 3 is 2.23 bits per heavy atom. The van der Waals surface area contributed by atoms with Gasteiger partial charge in [0.05, 0.1) is 11.2 Å². The van der Waals surface area contributed by atoms with Gasteiger partial charge in [-0.15, -0.1) is 0 Å². The van der Waals surface area contributed by atoms with Gasteiger partial charge in [0, 0.05) is 53.4 Å². The van der Waals surface area contributed by atoms with E-state index in [-0.39, 0.29) is 5.56 Å². The van der Waals surface area contributed by atoms with E-state index >= 15 is 0 Å². The Hall–Kier alpha value is -2.76. The molecule has 0 N–H and O–H groups in total. The zero-order valence-corrected chi connectivity index (χ0v) is 18.7. The molecule has 1 aliphatic heterocycles. The first-order valence-corrected chi connectivity index (χ1v) is 11.5. The normalized spacial score (nSPS) is 16.2. The molecule has 0 unspecified atom stereocenters. The van der Waals surface area contributed by atoms with Crippen LogP contribution in [0.15, 0.2) is 45.1 Å². The van der Waals surface area contributed by atoms with E-state index in [0.717, 1.165) is 10.1 Å². The second-order valence-electron chi connectivity index (χ2n) is 7.87. The van der Waals surface area contributed by atoms with Gasteiger partial charge in [0.2, 0.25) is 10.0 Å². The summed E-state index contributed by atoms with van der Waals surface area (Å²) in [5, 5.41) is 0. The Bertz CT molecular complexity index is 1330. The average Bonchev–Trinajstić information content (AvgIpc) is 3.19. The number of hydrogen-bond donors (Lipinski definition) is 0. The molecule has 1 fully saturated rings. The molecule has 0 spiro atoms. The Kier molecular flexibility index (Phi) is 5.58. The number of fused-ring (bicyclic) bond motifs is 1. The van der Waals surface area contributed by atoms with Crippen molar-refractivity contribution in [3.8, 4) is 0 Å². The lowest BCUT2D eigenvalue weighted by atomic mass is 10.2. The second-order valence-corrected chi connectivity index (χ2v) is 9.81. The minimum absolute atomic E-state index is 0.317. The first-order valence-electron chi connectivity index (χ1n) is 10.1. The number of imidazole rings is 1. The summed E-state index contributed by atoms with van der Waals surface area (Å²) < 4.78 is 31.4. The van der Waals surface area contributed by atoms with E-state index in [9.17, 15) is 18.0 Å². The average molecular weight is 447 g/mol. The molecule has 166 valence electrons. The smallest absolute Gasteiger partial charge is 0.323 e. The maximum Gasteiger partial charge on any atom is 0.332 e. The maximum atomic E-state index is 12.9. The van der Waals surface area contributed by atoms with Gasteiger partial charge in [-0.05, 0) is 19.1 Å². The summed E-state index contributed by atoms with van der Waals surface area (Å²) in [7, 11) is -0.447. The van der Waals surface area contributed by atoms with Crippen molar-refractivity contribution in [1.82, 2.24) is 27.9 Å². The molecule has 31 heavy (non-hydrogen) atoms. The van der Waals surface area contributed by atoms with Crippen molar-refractivity contribution in [3.05, 3.63) is 57.0 Å². The molecule has 1 saturated heterocycles. The van der Waals surface area contributed by atoms with Crippen molar-refractivity contribution >= 4 is 21.2 Å². The van der Waals surface area contributed by atoms with Crippen LogP contribution in [0, 0.1) is 6.92 Å². The highest BCUT2D eigenvalue weighted by Crippen LogP contribution is 2.18. The van der Waals surface area contributed by atoms with Crippen LogP contribution in [0.1, 0.15) is 5.56 Å². The van der Waals surface area contributed by atoms with Crippen LogP contribution >= 0.6 is 0 Å². The number of piperazine rings is 1. The predicted octanol–water partition coefficient (Wildman–Crippen LogP) is -0.251. The molecule has 3 heterocycles. The van der Waals surface area contributed by atoms with E-state index in [4.69, 9.17) is 0 Å². The van der Waals surface area contributed by atoms with E-state index in [1.807, 2.05) is 6.92 Å². The zero-order valence-electron chi connectivity index (χ0n) is 17.9. The minimum Gasteiger partial charge on any atom is -0.323 e. The topological polar surface area (TPSA) is 102 Å². The molecule has 0 atom stereocenters. The second kappa shape index (κ2) is 8.06. The van der Waals surface area contributed by atoms with Crippen LogP contribution in [0.3, 0.4) is 0 Å². The number of aryl methyl sites for hydroxylation is 2. The Morgan fingerprint density at radius 2 is 1.58 bits per heavy atom. The third-order valence-corrected chi connectivity index (χ3v) is 7.78. The SMILES string of the molecule is Cc1ccc(S(=O)(=O)N2CCN(CCn3cnc4c3c(=O)n(C)c(=O)n4C)CC2)cc1. The highest BCUT2D eigenvalue weighted by Gasteiger charge is 2.28. The van der Waals surface area contributed by atoms with Crippen LogP contribution < -0.4 is 11.2 Å². The molecule has 10 nitrogen and oxygen atoms in total. The maximum absolute atomic E-state index is 12.9. The molecular weight excluding hydrogens is 420 g/mol. The van der Waals surface area contributed by atoms with Crippen molar-refractivity contribution in [2.75, 3.05) is 32.7 Å². The first kappa shape index (κ1) is 21.5. The van der Waals surface area contributed by atoms with Crippen molar-refractivity contribution < 1.29 is 8.42 Å². The quantitative estimate of drug-likeness (QED) is 0.536. The summed E-state index contributed by atoms with van der Waals surface area (Å²) in [6.45, 7) is 5.13. The van der Waals surface area contributed by atoms with Crippen LogP contribution in [0.25, 0.3) is 11.2 Å². The summed E-state index contributed by atoms with van der Waals surface area (Å²) in [4.78, 5) is 31.3. The number of aromatic nitrogens is 4. The number of nitrogens with zero attached hydrogens (tertiary/aromatic N) is 6. The van der Waals surface area contributed by atoms with Gasteiger partial charge in [0.1, 0.15) is 0 Å². The van der Waals surface area contributed by atoms with Crippen molar-refractivity contribution in [3.63, 3.8) is 0 Å².